The highest BCUT2D eigenvalue weighted by atomic mass is 16.1. The Morgan fingerprint density at radius 3 is 2.50 bits per heavy atom. The second-order valence-electron chi connectivity index (χ2n) is 4.84. The van der Waals surface area contributed by atoms with Crippen molar-refractivity contribution in [3.63, 3.8) is 0 Å². The molecule has 0 saturated heterocycles. The monoisotopic (exact) mass is 264 g/mol. The number of nitrogens with zero attached hydrogens (tertiary/aromatic N) is 1. The van der Waals surface area contributed by atoms with Crippen LogP contribution in [0.4, 0.5) is 0 Å². The second-order valence-corrected chi connectivity index (χ2v) is 4.84. The summed E-state index contributed by atoms with van der Waals surface area (Å²) >= 11 is 0. The fraction of sp³-hybridized carbons (Fsp3) is 0.176. The number of aromatic nitrogens is 2. The highest BCUT2D eigenvalue weighted by Gasteiger charge is 2.15. The molecule has 3 heteroatoms. The van der Waals surface area contributed by atoms with Gasteiger partial charge in [0.15, 0.2) is 0 Å². The number of fused-ring (bicyclic) bond motifs is 1. The Balaban J connectivity index is 2.16. The molecule has 1 atom stereocenters. The number of H-pyrrole nitrogens is 1. The summed E-state index contributed by atoms with van der Waals surface area (Å²) in [6.07, 6.45) is 0.894. The number of nitrogens with one attached hydrogen (secondary N) is 1. The molecule has 0 aliphatic carbocycles. The van der Waals surface area contributed by atoms with Gasteiger partial charge in [-0.3, -0.25) is 4.79 Å². The van der Waals surface area contributed by atoms with Crippen LogP contribution in [-0.2, 0) is 0 Å². The summed E-state index contributed by atoms with van der Waals surface area (Å²) < 4.78 is 0. The fourth-order valence-corrected chi connectivity index (χ4v) is 2.54. The number of rotatable bonds is 3. The van der Waals surface area contributed by atoms with Crippen LogP contribution in [0.2, 0.25) is 0 Å². The van der Waals surface area contributed by atoms with Gasteiger partial charge in [-0.1, -0.05) is 49.4 Å². The van der Waals surface area contributed by atoms with Crippen LogP contribution >= 0.6 is 0 Å². The molecule has 100 valence electrons. The maximum absolute atomic E-state index is 12.2. The minimum absolute atomic E-state index is 0.0695. The summed E-state index contributed by atoms with van der Waals surface area (Å²) in [4.78, 5) is 19.7. The summed E-state index contributed by atoms with van der Waals surface area (Å²) in [5.41, 5.74) is 1.86. The van der Waals surface area contributed by atoms with Gasteiger partial charge in [-0.2, -0.15) is 0 Å². The molecule has 0 aliphatic heterocycles. The Morgan fingerprint density at radius 2 is 1.75 bits per heavy atom. The van der Waals surface area contributed by atoms with E-state index in [2.05, 4.69) is 29.0 Å². The van der Waals surface area contributed by atoms with Crippen molar-refractivity contribution in [3.8, 4) is 0 Å². The molecule has 3 aromatic rings. The maximum Gasteiger partial charge on any atom is 0.258 e. The number of hydrogen-bond acceptors (Lipinski definition) is 2. The molecule has 3 nitrogen and oxygen atoms in total. The van der Waals surface area contributed by atoms with Crippen LogP contribution in [0.5, 0.6) is 0 Å². The molecule has 0 fully saturated rings. The molecular formula is C17H16N2O. The predicted molar refractivity (Wildman–Crippen MR) is 80.9 cm³/mol. The average molecular weight is 264 g/mol. The summed E-state index contributed by atoms with van der Waals surface area (Å²) in [5.74, 6) is 0.857. The molecule has 0 saturated carbocycles. The quantitative estimate of drug-likeness (QED) is 0.787. The van der Waals surface area contributed by atoms with Crippen LogP contribution in [0.3, 0.4) is 0 Å². The smallest absolute Gasteiger partial charge is 0.258 e. The van der Waals surface area contributed by atoms with Crippen LogP contribution in [0.15, 0.2) is 59.4 Å². The van der Waals surface area contributed by atoms with Gasteiger partial charge in [0.1, 0.15) is 5.82 Å². The average Bonchev–Trinajstić information content (AvgIpc) is 2.49. The molecular weight excluding hydrogens is 248 g/mol. The molecule has 0 amide bonds. The van der Waals surface area contributed by atoms with E-state index < -0.39 is 0 Å². The summed E-state index contributed by atoms with van der Waals surface area (Å²) in [7, 11) is 0. The highest BCUT2D eigenvalue weighted by molar-refractivity contribution is 5.77. The Kier molecular flexibility index (Phi) is 3.33. The van der Waals surface area contributed by atoms with Gasteiger partial charge in [0, 0.05) is 5.92 Å². The number of aromatic amines is 1. The summed E-state index contributed by atoms with van der Waals surface area (Å²) in [6, 6.07) is 17.6. The predicted octanol–water partition coefficient (Wildman–Crippen LogP) is 3.47. The zero-order chi connectivity index (χ0) is 13.9. The van der Waals surface area contributed by atoms with E-state index in [0.717, 1.165) is 17.8 Å². The van der Waals surface area contributed by atoms with E-state index >= 15 is 0 Å². The van der Waals surface area contributed by atoms with E-state index in [4.69, 9.17) is 0 Å². The van der Waals surface area contributed by atoms with Gasteiger partial charge in [-0.25, -0.2) is 4.98 Å². The van der Waals surface area contributed by atoms with Gasteiger partial charge >= 0.3 is 0 Å². The van der Waals surface area contributed by atoms with Gasteiger partial charge in [0.25, 0.3) is 5.56 Å². The summed E-state index contributed by atoms with van der Waals surface area (Å²) in [5, 5.41) is 0.638. The first-order valence-corrected chi connectivity index (χ1v) is 6.83. The zero-order valence-corrected chi connectivity index (χ0v) is 11.3. The van der Waals surface area contributed by atoms with Crippen molar-refractivity contribution in [2.24, 2.45) is 0 Å². The molecule has 0 radical (unpaired) electrons. The second kappa shape index (κ2) is 5.29. The minimum Gasteiger partial charge on any atom is -0.309 e. The molecule has 1 aromatic heterocycles. The van der Waals surface area contributed by atoms with Gasteiger partial charge < -0.3 is 4.98 Å². The molecule has 1 N–H and O–H groups in total. The maximum atomic E-state index is 12.2. The molecule has 1 unspecified atom stereocenters. The minimum atomic E-state index is -0.0695. The zero-order valence-electron chi connectivity index (χ0n) is 11.3. The third-order valence-electron chi connectivity index (χ3n) is 3.57. The van der Waals surface area contributed by atoms with Crippen molar-refractivity contribution < 1.29 is 0 Å². The van der Waals surface area contributed by atoms with E-state index in [1.54, 1.807) is 6.07 Å². The van der Waals surface area contributed by atoms with Crippen molar-refractivity contribution >= 4 is 10.9 Å². The van der Waals surface area contributed by atoms with Gasteiger partial charge in [-0.15, -0.1) is 0 Å². The van der Waals surface area contributed by atoms with Crippen LogP contribution in [0.25, 0.3) is 10.9 Å². The first-order valence-electron chi connectivity index (χ1n) is 6.83. The first kappa shape index (κ1) is 12.6. The van der Waals surface area contributed by atoms with E-state index in [1.807, 2.05) is 36.4 Å². The lowest BCUT2D eigenvalue weighted by Gasteiger charge is -2.14. The molecule has 3 rings (SSSR count). The third-order valence-corrected chi connectivity index (χ3v) is 3.57. The van der Waals surface area contributed by atoms with Crippen LogP contribution in [0.1, 0.15) is 30.7 Å². The highest BCUT2D eigenvalue weighted by Crippen LogP contribution is 2.25. The molecule has 20 heavy (non-hydrogen) atoms. The Labute approximate surface area is 117 Å². The van der Waals surface area contributed by atoms with E-state index in [-0.39, 0.29) is 11.5 Å². The first-order chi connectivity index (χ1) is 9.79. The van der Waals surface area contributed by atoms with Crippen molar-refractivity contribution in [3.05, 3.63) is 76.3 Å². The van der Waals surface area contributed by atoms with E-state index in [0.29, 0.717) is 5.39 Å². The molecule has 0 bridgehead atoms. The Hall–Kier alpha value is -2.42. The largest absolute Gasteiger partial charge is 0.309 e. The van der Waals surface area contributed by atoms with Crippen molar-refractivity contribution in [2.45, 2.75) is 19.3 Å². The van der Waals surface area contributed by atoms with Crippen molar-refractivity contribution in [1.29, 1.82) is 0 Å². The normalized spacial score (nSPS) is 12.4. The molecule has 1 heterocycles. The van der Waals surface area contributed by atoms with Crippen LogP contribution in [-0.4, -0.2) is 9.97 Å². The molecule has 2 aromatic carbocycles. The van der Waals surface area contributed by atoms with Gasteiger partial charge in [0.2, 0.25) is 0 Å². The standard InChI is InChI=1S/C17H16N2O/c1-2-13(12-8-4-3-5-9-12)16-18-15-11-7-6-10-14(15)17(20)19-16/h3-11,13H,2H2,1H3,(H,18,19,20). The topological polar surface area (TPSA) is 45.8 Å². The number of benzene rings is 2. The number of para-hydroxylation sites is 1. The van der Waals surface area contributed by atoms with E-state index in [9.17, 15) is 4.79 Å². The Bertz CT molecular complexity index is 778. The Morgan fingerprint density at radius 1 is 1.05 bits per heavy atom. The lowest BCUT2D eigenvalue weighted by atomic mass is 9.95. The number of hydrogen-bond donors (Lipinski definition) is 1. The lowest BCUT2D eigenvalue weighted by Crippen LogP contribution is -2.15. The SMILES string of the molecule is CCC(c1ccccc1)c1nc2ccccc2c(=O)[nH]1. The van der Waals surface area contributed by atoms with Crippen molar-refractivity contribution in [2.75, 3.05) is 0 Å². The van der Waals surface area contributed by atoms with Gasteiger partial charge in [-0.05, 0) is 24.1 Å². The van der Waals surface area contributed by atoms with Crippen LogP contribution < -0.4 is 5.56 Å². The third kappa shape index (κ3) is 2.23. The van der Waals surface area contributed by atoms with Gasteiger partial charge in [0.05, 0.1) is 10.9 Å². The fourth-order valence-electron chi connectivity index (χ4n) is 2.54. The lowest BCUT2D eigenvalue weighted by molar-refractivity contribution is 0.718. The molecule has 0 aliphatic rings. The van der Waals surface area contributed by atoms with E-state index in [1.165, 1.54) is 5.56 Å². The van der Waals surface area contributed by atoms with Crippen molar-refractivity contribution in [1.82, 2.24) is 9.97 Å². The van der Waals surface area contributed by atoms with Crippen LogP contribution in [0, 0.1) is 0 Å². The molecule has 0 spiro atoms. The summed E-state index contributed by atoms with van der Waals surface area (Å²) in [6.45, 7) is 2.10.